The minimum Gasteiger partial charge on any atom is -0.444 e. The standard InChI is InChI=1S/C19H35BrN4O2/c1-9-24(10-2,11-3)13-15-12-16(20)22-23(15)19(7,8)14-21-17(25)26-18(4,5)6/h12H,9-11,13-14H2,1-8H3/p+1. The van der Waals surface area contributed by atoms with Crippen LogP contribution in [0.25, 0.3) is 0 Å². The van der Waals surface area contributed by atoms with E-state index in [0.717, 1.165) is 35.3 Å². The number of carbonyl (C=O) groups excluding carboxylic acids is 1. The van der Waals surface area contributed by atoms with E-state index in [1.807, 2.05) is 25.5 Å². The fourth-order valence-electron chi connectivity index (χ4n) is 3.05. The fourth-order valence-corrected chi connectivity index (χ4v) is 3.47. The van der Waals surface area contributed by atoms with E-state index in [1.54, 1.807) is 0 Å². The number of rotatable bonds is 8. The minimum atomic E-state index is -0.505. The van der Waals surface area contributed by atoms with Gasteiger partial charge in [0, 0.05) is 6.54 Å². The fraction of sp³-hybridized carbons (Fsp3) is 0.789. The molecule has 150 valence electrons. The van der Waals surface area contributed by atoms with Crippen LogP contribution in [0.5, 0.6) is 0 Å². The zero-order valence-corrected chi connectivity index (χ0v) is 19.2. The van der Waals surface area contributed by atoms with Crippen LogP contribution in [0.3, 0.4) is 0 Å². The average Bonchev–Trinajstić information content (AvgIpc) is 2.90. The Kier molecular flexibility index (Phi) is 7.72. The van der Waals surface area contributed by atoms with E-state index in [9.17, 15) is 4.79 Å². The molecule has 0 aromatic carbocycles. The number of nitrogens with one attached hydrogen (secondary N) is 1. The third-order valence-corrected chi connectivity index (χ3v) is 5.29. The van der Waals surface area contributed by atoms with Crippen molar-refractivity contribution < 1.29 is 14.0 Å². The van der Waals surface area contributed by atoms with Crippen LogP contribution in [-0.4, -0.2) is 52.1 Å². The summed E-state index contributed by atoms with van der Waals surface area (Å²) in [6.07, 6.45) is -0.404. The Hall–Kier alpha value is -1.08. The van der Waals surface area contributed by atoms with Crippen LogP contribution in [-0.2, 0) is 16.8 Å². The number of ether oxygens (including phenoxy) is 1. The van der Waals surface area contributed by atoms with Gasteiger partial charge in [-0.15, -0.1) is 0 Å². The molecule has 7 heteroatoms. The van der Waals surface area contributed by atoms with Crippen LogP contribution in [0.1, 0.15) is 61.1 Å². The number of hydrogen-bond donors (Lipinski definition) is 1. The average molecular weight is 432 g/mol. The molecule has 0 atom stereocenters. The summed E-state index contributed by atoms with van der Waals surface area (Å²) in [4.78, 5) is 12.0. The highest BCUT2D eigenvalue weighted by Gasteiger charge is 2.30. The van der Waals surface area contributed by atoms with Gasteiger partial charge in [-0.25, -0.2) is 4.79 Å². The first kappa shape index (κ1) is 23.0. The molecular formula is C19H36BrN4O2+. The Balaban J connectivity index is 2.98. The summed E-state index contributed by atoms with van der Waals surface area (Å²) in [5.41, 5.74) is 0.288. The van der Waals surface area contributed by atoms with Gasteiger partial charge in [0.15, 0.2) is 0 Å². The van der Waals surface area contributed by atoms with Crippen LogP contribution >= 0.6 is 15.9 Å². The van der Waals surface area contributed by atoms with Gasteiger partial charge in [-0.05, 0) is 77.4 Å². The molecule has 1 amide bonds. The zero-order chi connectivity index (χ0) is 20.2. The van der Waals surface area contributed by atoms with Crippen molar-refractivity contribution in [3.8, 4) is 0 Å². The topological polar surface area (TPSA) is 56.2 Å². The molecule has 0 unspecified atom stereocenters. The van der Waals surface area contributed by atoms with Crippen LogP contribution in [0.2, 0.25) is 0 Å². The SMILES string of the molecule is CC[N+](CC)(CC)Cc1cc(Br)nn1C(C)(C)CNC(=O)OC(C)(C)C. The molecule has 1 N–H and O–H groups in total. The number of amides is 1. The number of aromatic nitrogens is 2. The van der Waals surface area contributed by atoms with Gasteiger partial charge in [0.05, 0.1) is 30.9 Å². The number of alkyl carbamates (subject to hydrolysis) is 1. The predicted octanol–water partition coefficient (Wildman–Crippen LogP) is 4.28. The van der Waals surface area contributed by atoms with Gasteiger partial charge in [-0.2, -0.15) is 5.10 Å². The molecule has 0 radical (unpaired) electrons. The number of hydrogen-bond acceptors (Lipinski definition) is 3. The van der Waals surface area contributed by atoms with Crippen molar-refractivity contribution in [1.29, 1.82) is 0 Å². The highest BCUT2D eigenvalue weighted by atomic mass is 79.9. The van der Waals surface area contributed by atoms with E-state index < -0.39 is 11.7 Å². The van der Waals surface area contributed by atoms with Crippen molar-refractivity contribution in [3.05, 3.63) is 16.4 Å². The molecule has 1 aromatic heterocycles. The van der Waals surface area contributed by atoms with E-state index in [-0.39, 0.29) is 5.54 Å². The first-order chi connectivity index (χ1) is 11.9. The minimum absolute atomic E-state index is 0.372. The van der Waals surface area contributed by atoms with Crippen molar-refractivity contribution in [2.75, 3.05) is 26.2 Å². The van der Waals surface area contributed by atoms with E-state index in [2.05, 4.69) is 67.0 Å². The maximum Gasteiger partial charge on any atom is 0.407 e. The summed E-state index contributed by atoms with van der Waals surface area (Å²) < 4.78 is 9.20. The molecule has 6 nitrogen and oxygen atoms in total. The Morgan fingerprint density at radius 1 is 1.19 bits per heavy atom. The van der Waals surface area contributed by atoms with Crippen molar-refractivity contribution in [2.24, 2.45) is 0 Å². The molecule has 0 saturated heterocycles. The van der Waals surface area contributed by atoms with E-state index in [1.165, 1.54) is 5.69 Å². The Morgan fingerprint density at radius 2 is 1.73 bits per heavy atom. The molecule has 0 aliphatic heterocycles. The summed E-state index contributed by atoms with van der Waals surface area (Å²) in [6.45, 7) is 21.0. The van der Waals surface area contributed by atoms with Gasteiger partial charge in [-0.3, -0.25) is 4.68 Å². The van der Waals surface area contributed by atoms with Crippen molar-refractivity contribution in [3.63, 3.8) is 0 Å². The third kappa shape index (κ3) is 6.27. The van der Waals surface area contributed by atoms with Gasteiger partial charge < -0.3 is 14.5 Å². The molecule has 0 spiro atoms. The van der Waals surface area contributed by atoms with Crippen LogP contribution in [0.15, 0.2) is 10.7 Å². The highest BCUT2D eigenvalue weighted by Crippen LogP contribution is 2.24. The second-order valence-corrected chi connectivity index (χ2v) is 9.30. The summed E-state index contributed by atoms with van der Waals surface area (Å²) in [5.74, 6) is 0. The lowest BCUT2D eigenvalue weighted by molar-refractivity contribution is -0.936. The Bertz CT molecular complexity index is 593. The second-order valence-electron chi connectivity index (χ2n) is 8.49. The van der Waals surface area contributed by atoms with Gasteiger partial charge in [0.1, 0.15) is 16.7 Å². The van der Waals surface area contributed by atoms with E-state index in [0.29, 0.717) is 6.54 Å². The van der Waals surface area contributed by atoms with Gasteiger partial charge in [-0.1, -0.05) is 0 Å². The molecule has 1 heterocycles. The molecule has 0 saturated carbocycles. The van der Waals surface area contributed by atoms with E-state index >= 15 is 0 Å². The van der Waals surface area contributed by atoms with Gasteiger partial charge in [0.2, 0.25) is 0 Å². The molecular weight excluding hydrogens is 396 g/mol. The lowest BCUT2D eigenvalue weighted by Crippen LogP contribution is -2.49. The molecule has 0 aliphatic rings. The number of nitrogens with zero attached hydrogens (tertiary/aromatic N) is 3. The quantitative estimate of drug-likeness (QED) is 0.624. The Labute approximate surface area is 167 Å². The van der Waals surface area contributed by atoms with Gasteiger partial charge >= 0.3 is 6.09 Å². The highest BCUT2D eigenvalue weighted by molar-refractivity contribution is 9.10. The largest absolute Gasteiger partial charge is 0.444 e. The second kappa shape index (κ2) is 8.74. The molecule has 0 aliphatic carbocycles. The van der Waals surface area contributed by atoms with Crippen molar-refractivity contribution in [1.82, 2.24) is 15.1 Å². The predicted molar refractivity (Wildman–Crippen MR) is 109 cm³/mol. The number of carbonyl (C=O) groups is 1. The summed E-state index contributed by atoms with van der Waals surface area (Å²) in [7, 11) is 0. The summed E-state index contributed by atoms with van der Waals surface area (Å²) in [6, 6.07) is 2.09. The molecule has 0 bridgehead atoms. The lowest BCUT2D eigenvalue weighted by atomic mass is 10.1. The normalized spacial score (nSPS) is 13.0. The van der Waals surface area contributed by atoms with Crippen LogP contribution in [0.4, 0.5) is 4.79 Å². The molecule has 1 aromatic rings. The third-order valence-electron chi connectivity index (χ3n) is 4.90. The van der Waals surface area contributed by atoms with Crippen molar-refractivity contribution in [2.45, 2.75) is 73.1 Å². The summed E-state index contributed by atoms with van der Waals surface area (Å²) in [5, 5.41) is 7.53. The number of halogens is 1. The molecule has 26 heavy (non-hydrogen) atoms. The monoisotopic (exact) mass is 431 g/mol. The van der Waals surface area contributed by atoms with E-state index in [4.69, 9.17) is 4.74 Å². The Morgan fingerprint density at radius 3 is 2.19 bits per heavy atom. The van der Waals surface area contributed by atoms with Crippen molar-refractivity contribution >= 4 is 22.0 Å². The number of quaternary nitrogens is 1. The smallest absolute Gasteiger partial charge is 0.407 e. The molecule has 0 fully saturated rings. The summed E-state index contributed by atoms with van der Waals surface area (Å²) >= 11 is 3.52. The lowest BCUT2D eigenvalue weighted by Gasteiger charge is -2.37. The van der Waals surface area contributed by atoms with Gasteiger partial charge in [0.25, 0.3) is 0 Å². The first-order valence-electron chi connectivity index (χ1n) is 9.45. The molecule has 1 rings (SSSR count). The maximum absolute atomic E-state index is 12.0. The van der Waals surface area contributed by atoms with Crippen LogP contribution in [0, 0.1) is 0 Å². The zero-order valence-electron chi connectivity index (χ0n) is 17.6. The maximum atomic E-state index is 12.0. The first-order valence-corrected chi connectivity index (χ1v) is 10.2. The van der Waals surface area contributed by atoms with Crippen LogP contribution < -0.4 is 5.32 Å².